The van der Waals surface area contributed by atoms with Crippen LogP contribution in [0.4, 0.5) is 5.69 Å². The summed E-state index contributed by atoms with van der Waals surface area (Å²) in [6.45, 7) is 4.78. The number of rotatable bonds is 10. The summed E-state index contributed by atoms with van der Waals surface area (Å²) >= 11 is 0. The highest BCUT2D eigenvalue weighted by Crippen LogP contribution is 2.14. The fourth-order valence-electron chi connectivity index (χ4n) is 3.91. The van der Waals surface area contributed by atoms with Crippen LogP contribution in [0.2, 0.25) is 0 Å². The van der Waals surface area contributed by atoms with Crippen LogP contribution in [0.5, 0.6) is 0 Å². The summed E-state index contributed by atoms with van der Waals surface area (Å²) in [6.07, 6.45) is 0.952. The van der Waals surface area contributed by atoms with Gasteiger partial charge in [-0.25, -0.2) is 0 Å². The zero-order chi connectivity index (χ0) is 28.4. The van der Waals surface area contributed by atoms with Gasteiger partial charge in [-0.05, 0) is 98.8 Å². The largest absolute Gasteiger partial charge is 0.391 e. The molecule has 2 amide bonds. The second kappa shape index (κ2) is 14.1. The van der Waals surface area contributed by atoms with Crippen molar-refractivity contribution in [2.45, 2.75) is 52.2 Å². The number of carbonyl (C=O) groups is 3. The lowest BCUT2D eigenvalue weighted by atomic mass is 10.0. The summed E-state index contributed by atoms with van der Waals surface area (Å²) in [7, 11) is 0. The number of amides is 2. The summed E-state index contributed by atoms with van der Waals surface area (Å²) in [6, 6.07) is 19.0. The molecule has 3 rings (SSSR count). The maximum absolute atomic E-state index is 12.4. The van der Waals surface area contributed by atoms with Gasteiger partial charge in [0.15, 0.2) is 5.78 Å². The molecule has 0 unspecified atom stereocenters. The monoisotopic (exact) mass is 526 g/mol. The van der Waals surface area contributed by atoms with Gasteiger partial charge in [0.25, 0.3) is 5.91 Å². The Morgan fingerprint density at radius 3 is 2.05 bits per heavy atom. The van der Waals surface area contributed by atoms with Gasteiger partial charge in [0.1, 0.15) is 12.6 Å². The quantitative estimate of drug-likeness (QED) is 0.301. The van der Waals surface area contributed by atoms with Crippen molar-refractivity contribution in [1.82, 2.24) is 5.32 Å². The summed E-state index contributed by atoms with van der Waals surface area (Å²) in [4.78, 5) is 36.4. The van der Waals surface area contributed by atoms with Crippen LogP contribution in [-0.4, -0.2) is 46.6 Å². The van der Waals surface area contributed by atoms with Crippen molar-refractivity contribution in [2.24, 2.45) is 0 Å². The highest BCUT2D eigenvalue weighted by Gasteiger charge is 2.25. The fourth-order valence-corrected chi connectivity index (χ4v) is 3.91. The minimum atomic E-state index is -1.18. The molecular weight excluding hydrogens is 492 g/mol. The first kappa shape index (κ1) is 29.3. The first-order valence-electron chi connectivity index (χ1n) is 12.9. The fraction of sp³-hybridized carbons (Fsp3) is 0.281. The predicted octanol–water partition coefficient (Wildman–Crippen LogP) is 3.71. The molecule has 0 bridgehead atoms. The number of Topliss-reactive ketones (excluding diaryl/α,β-unsaturated/α-hetero) is 1. The molecule has 0 aliphatic heterocycles. The van der Waals surface area contributed by atoms with E-state index in [2.05, 4.69) is 54.5 Å². The van der Waals surface area contributed by atoms with Crippen molar-refractivity contribution in [3.8, 4) is 11.8 Å². The number of aliphatic hydroxyl groups is 2. The van der Waals surface area contributed by atoms with Gasteiger partial charge in [-0.2, -0.15) is 0 Å². The number of benzene rings is 3. The summed E-state index contributed by atoms with van der Waals surface area (Å²) in [5, 5.41) is 24.1. The minimum absolute atomic E-state index is 0.0257. The molecule has 0 aliphatic carbocycles. The summed E-state index contributed by atoms with van der Waals surface area (Å²) in [5.74, 6) is 4.85. The first-order valence-corrected chi connectivity index (χ1v) is 12.9. The van der Waals surface area contributed by atoms with Crippen molar-refractivity contribution in [1.29, 1.82) is 0 Å². The normalized spacial score (nSPS) is 12.0. The molecule has 39 heavy (non-hydrogen) atoms. The maximum atomic E-state index is 12.4. The van der Waals surface area contributed by atoms with Crippen LogP contribution in [0.1, 0.15) is 57.9 Å². The highest BCUT2D eigenvalue weighted by molar-refractivity contribution is 5.98. The van der Waals surface area contributed by atoms with E-state index in [1.807, 2.05) is 24.3 Å². The second-order valence-corrected chi connectivity index (χ2v) is 9.54. The molecule has 7 heteroatoms. The highest BCUT2D eigenvalue weighted by atomic mass is 16.3. The molecule has 0 spiro atoms. The van der Waals surface area contributed by atoms with Crippen LogP contribution in [0.3, 0.4) is 0 Å². The Hall–Kier alpha value is -4.25. The Balaban J connectivity index is 1.50. The van der Waals surface area contributed by atoms with E-state index in [1.165, 1.54) is 23.6 Å². The molecule has 7 nitrogen and oxygen atoms in total. The molecule has 0 aromatic heterocycles. The zero-order valence-electron chi connectivity index (χ0n) is 22.5. The molecule has 3 aromatic rings. The van der Waals surface area contributed by atoms with Crippen LogP contribution in [0.25, 0.3) is 0 Å². The number of aliphatic hydroxyl groups excluding tert-OH is 2. The lowest BCUT2D eigenvalue weighted by Crippen LogP contribution is -2.48. The smallest absolute Gasteiger partial charge is 0.251 e. The van der Waals surface area contributed by atoms with Gasteiger partial charge in [0, 0.05) is 28.8 Å². The van der Waals surface area contributed by atoms with Crippen molar-refractivity contribution < 1.29 is 24.6 Å². The summed E-state index contributed by atoms with van der Waals surface area (Å²) < 4.78 is 0. The Morgan fingerprint density at radius 2 is 1.49 bits per heavy atom. The van der Waals surface area contributed by atoms with Crippen molar-refractivity contribution in [3.63, 3.8) is 0 Å². The van der Waals surface area contributed by atoms with E-state index in [4.69, 9.17) is 5.11 Å². The third-order valence-corrected chi connectivity index (χ3v) is 6.38. The number of carbonyl (C=O) groups excluding carboxylic acids is 3. The molecular formula is C32H34N2O5. The van der Waals surface area contributed by atoms with Gasteiger partial charge in [-0.3, -0.25) is 14.4 Å². The van der Waals surface area contributed by atoms with Crippen LogP contribution in [-0.2, 0) is 16.0 Å². The number of aryl methyl sites for hydroxylation is 3. The SMILES string of the molecule is Cc1ccc(CCCC(=O)Nc2ccc(C#Cc3ccc(C(=O)N[C@H](C(=O)CO)[C@@H](C)O)cc3)cc2)cc1C. The van der Waals surface area contributed by atoms with Crippen LogP contribution in [0, 0.1) is 25.7 Å². The van der Waals surface area contributed by atoms with Gasteiger partial charge in [0.2, 0.25) is 5.91 Å². The lowest BCUT2D eigenvalue weighted by Gasteiger charge is -2.19. The Kier molecular flexibility index (Phi) is 10.6. The Morgan fingerprint density at radius 1 is 0.872 bits per heavy atom. The third-order valence-electron chi connectivity index (χ3n) is 6.38. The number of nitrogens with one attached hydrogen (secondary N) is 2. The topological polar surface area (TPSA) is 116 Å². The molecule has 4 N–H and O–H groups in total. The minimum Gasteiger partial charge on any atom is -0.391 e. The van der Waals surface area contributed by atoms with Crippen molar-refractivity contribution in [2.75, 3.05) is 11.9 Å². The summed E-state index contributed by atoms with van der Waals surface area (Å²) in [5.41, 5.74) is 6.24. The van der Waals surface area contributed by atoms with Crippen LogP contribution < -0.4 is 10.6 Å². The van der Waals surface area contributed by atoms with E-state index in [0.29, 0.717) is 23.2 Å². The van der Waals surface area contributed by atoms with Crippen molar-refractivity contribution in [3.05, 3.63) is 100 Å². The molecule has 2 atom stereocenters. The molecule has 0 saturated heterocycles. The van der Waals surface area contributed by atoms with Crippen molar-refractivity contribution >= 4 is 23.3 Å². The third kappa shape index (κ3) is 8.92. The molecule has 0 radical (unpaired) electrons. The van der Waals surface area contributed by atoms with Crippen LogP contribution in [0.15, 0.2) is 66.7 Å². The van der Waals surface area contributed by atoms with E-state index in [1.54, 1.807) is 24.3 Å². The maximum Gasteiger partial charge on any atom is 0.251 e. The van der Waals surface area contributed by atoms with E-state index >= 15 is 0 Å². The lowest BCUT2D eigenvalue weighted by molar-refractivity contribution is -0.126. The average Bonchev–Trinajstić information content (AvgIpc) is 2.93. The standard InChI is InChI=1S/C32H34N2O5/c1-21-7-8-26(19-22(21)2)5-4-6-30(38)33-28-17-13-25(14-18-28)10-9-24-11-15-27(16-12-24)32(39)34-31(23(3)36)29(37)20-35/h7-8,11-19,23,31,35-36H,4-6,20H2,1-3H3,(H,33,38)(H,34,39)/t23-,31+/m1/s1. The molecule has 0 aliphatic rings. The van der Waals surface area contributed by atoms with Gasteiger partial charge < -0.3 is 20.8 Å². The van der Waals surface area contributed by atoms with Gasteiger partial charge >= 0.3 is 0 Å². The zero-order valence-corrected chi connectivity index (χ0v) is 22.5. The van der Waals surface area contributed by atoms with Gasteiger partial charge in [-0.1, -0.05) is 30.0 Å². The number of anilines is 1. The molecule has 0 heterocycles. The molecule has 202 valence electrons. The Bertz CT molecular complexity index is 1370. The van der Waals surface area contributed by atoms with Crippen LogP contribution >= 0.6 is 0 Å². The second-order valence-electron chi connectivity index (χ2n) is 9.54. The predicted molar refractivity (Wildman–Crippen MR) is 151 cm³/mol. The molecule has 0 saturated carbocycles. The van der Waals surface area contributed by atoms with E-state index in [0.717, 1.165) is 18.4 Å². The van der Waals surface area contributed by atoms with E-state index < -0.39 is 30.4 Å². The van der Waals surface area contributed by atoms with Gasteiger partial charge in [-0.15, -0.1) is 0 Å². The van der Waals surface area contributed by atoms with Gasteiger partial charge in [0.05, 0.1) is 6.10 Å². The van der Waals surface area contributed by atoms with E-state index in [9.17, 15) is 19.5 Å². The number of ketones is 1. The number of hydrogen-bond acceptors (Lipinski definition) is 5. The number of hydrogen-bond donors (Lipinski definition) is 4. The average molecular weight is 527 g/mol. The molecule has 3 aromatic carbocycles. The van der Waals surface area contributed by atoms with E-state index in [-0.39, 0.29) is 5.91 Å². The molecule has 0 fully saturated rings. The Labute approximate surface area is 229 Å². The first-order chi connectivity index (χ1) is 18.7.